The Hall–Kier alpha value is -0.380. The first kappa shape index (κ1) is 12.7. The molecule has 3 heteroatoms. The van der Waals surface area contributed by atoms with Gasteiger partial charge in [-0.1, -0.05) is 12.2 Å². The van der Waals surface area contributed by atoms with Crippen molar-refractivity contribution in [3.63, 3.8) is 0 Å². The molecule has 0 bridgehead atoms. The van der Waals surface area contributed by atoms with Crippen molar-refractivity contribution in [2.24, 2.45) is 0 Å². The van der Waals surface area contributed by atoms with Crippen molar-refractivity contribution in [1.82, 2.24) is 10.2 Å². The Labute approximate surface area is 93.5 Å². The summed E-state index contributed by atoms with van der Waals surface area (Å²) in [5, 5.41) is 3.36. The highest BCUT2D eigenvalue weighted by atomic mass is 16.5. The van der Waals surface area contributed by atoms with E-state index < -0.39 is 0 Å². The van der Waals surface area contributed by atoms with E-state index in [0.717, 1.165) is 26.3 Å². The average Bonchev–Trinajstić information content (AvgIpc) is 2.19. The molecule has 15 heavy (non-hydrogen) atoms. The molecule has 0 saturated carbocycles. The lowest BCUT2D eigenvalue weighted by Crippen LogP contribution is -2.60. The Bertz CT molecular complexity index is 220. The molecule has 0 aromatic heterocycles. The quantitative estimate of drug-likeness (QED) is 0.710. The lowest BCUT2D eigenvalue weighted by Gasteiger charge is -2.46. The predicted molar refractivity (Wildman–Crippen MR) is 64.1 cm³/mol. The van der Waals surface area contributed by atoms with Gasteiger partial charge in [-0.2, -0.15) is 0 Å². The van der Waals surface area contributed by atoms with Crippen molar-refractivity contribution >= 4 is 0 Å². The Morgan fingerprint density at radius 2 is 1.93 bits per heavy atom. The van der Waals surface area contributed by atoms with Crippen LogP contribution >= 0.6 is 0 Å². The highest BCUT2D eigenvalue weighted by Gasteiger charge is 2.35. The van der Waals surface area contributed by atoms with E-state index in [1.807, 2.05) is 7.05 Å². The normalized spacial score (nSPS) is 21.3. The maximum atomic E-state index is 5.38. The summed E-state index contributed by atoms with van der Waals surface area (Å²) in [6, 6.07) is 0.329. The van der Waals surface area contributed by atoms with Crippen molar-refractivity contribution in [2.75, 3.05) is 33.4 Å². The van der Waals surface area contributed by atoms with Crippen LogP contribution in [0.5, 0.6) is 0 Å². The van der Waals surface area contributed by atoms with Gasteiger partial charge >= 0.3 is 0 Å². The zero-order valence-electron chi connectivity index (χ0n) is 10.5. The van der Waals surface area contributed by atoms with Crippen molar-refractivity contribution in [1.29, 1.82) is 0 Å². The van der Waals surface area contributed by atoms with E-state index in [1.54, 1.807) is 0 Å². The molecular formula is C12H24N2O. The third-order valence-electron chi connectivity index (χ3n) is 3.31. The fraction of sp³-hybridized carbons (Fsp3) is 0.833. The predicted octanol–water partition coefficient (Wildman–Crippen LogP) is 1.26. The van der Waals surface area contributed by atoms with Crippen LogP contribution in [0.3, 0.4) is 0 Å². The number of likely N-dealkylation sites (N-methyl/N-ethyl adjacent to an activating group) is 1. The summed E-state index contributed by atoms with van der Waals surface area (Å²) in [6.07, 6.45) is 0. The molecule has 1 fully saturated rings. The van der Waals surface area contributed by atoms with Crippen molar-refractivity contribution in [2.45, 2.75) is 32.4 Å². The molecule has 3 nitrogen and oxygen atoms in total. The second-order valence-corrected chi connectivity index (χ2v) is 4.82. The molecule has 88 valence electrons. The minimum atomic E-state index is 0.102. The van der Waals surface area contributed by atoms with Crippen LogP contribution in [0.25, 0.3) is 0 Å². The summed E-state index contributed by atoms with van der Waals surface area (Å²) < 4.78 is 5.38. The third kappa shape index (κ3) is 2.80. The zero-order valence-corrected chi connectivity index (χ0v) is 10.5. The van der Waals surface area contributed by atoms with Crippen LogP contribution in [-0.2, 0) is 4.74 Å². The van der Waals surface area contributed by atoms with Crippen LogP contribution < -0.4 is 5.32 Å². The third-order valence-corrected chi connectivity index (χ3v) is 3.31. The molecular weight excluding hydrogens is 188 g/mol. The van der Waals surface area contributed by atoms with Gasteiger partial charge in [0.2, 0.25) is 0 Å². The second kappa shape index (κ2) is 5.10. The monoisotopic (exact) mass is 212 g/mol. The zero-order chi connectivity index (χ0) is 11.5. The van der Waals surface area contributed by atoms with E-state index in [0.29, 0.717) is 6.04 Å². The van der Waals surface area contributed by atoms with E-state index in [1.165, 1.54) is 5.57 Å². The molecule has 0 amide bonds. The number of ether oxygens (including phenoxy) is 1. The Morgan fingerprint density at radius 1 is 1.40 bits per heavy atom. The van der Waals surface area contributed by atoms with Gasteiger partial charge in [-0.25, -0.2) is 0 Å². The minimum Gasteiger partial charge on any atom is -0.379 e. The number of nitrogens with zero attached hydrogens (tertiary/aromatic N) is 1. The second-order valence-electron chi connectivity index (χ2n) is 4.82. The maximum Gasteiger partial charge on any atom is 0.0594 e. The van der Waals surface area contributed by atoms with Gasteiger partial charge in [0.25, 0.3) is 0 Å². The van der Waals surface area contributed by atoms with Crippen LogP contribution in [-0.4, -0.2) is 49.8 Å². The summed E-state index contributed by atoms with van der Waals surface area (Å²) in [7, 11) is 2.00. The molecule has 1 atom stereocenters. The lowest BCUT2D eigenvalue weighted by molar-refractivity contribution is -0.0181. The van der Waals surface area contributed by atoms with E-state index in [9.17, 15) is 0 Å². The van der Waals surface area contributed by atoms with Crippen LogP contribution in [0.1, 0.15) is 20.8 Å². The summed E-state index contributed by atoms with van der Waals surface area (Å²) in [4.78, 5) is 2.48. The van der Waals surface area contributed by atoms with Gasteiger partial charge in [0, 0.05) is 24.7 Å². The van der Waals surface area contributed by atoms with E-state index in [-0.39, 0.29) is 5.54 Å². The Balaban J connectivity index is 2.73. The molecule has 1 aliphatic rings. The molecule has 0 radical (unpaired) electrons. The summed E-state index contributed by atoms with van der Waals surface area (Å²) in [6.45, 7) is 14.4. The molecule has 0 spiro atoms. The lowest BCUT2D eigenvalue weighted by atomic mass is 9.87. The molecule has 1 rings (SSSR count). The first-order valence-electron chi connectivity index (χ1n) is 5.65. The van der Waals surface area contributed by atoms with Gasteiger partial charge < -0.3 is 10.1 Å². The van der Waals surface area contributed by atoms with E-state index in [4.69, 9.17) is 4.74 Å². The van der Waals surface area contributed by atoms with Gasteiger partial charge in [-0.05, 0) is 27.8 Å². The van der Waals surface area contributed by atoms with Crippen LogP contribution in [0.15, 0.2) is 12.2 Å². The van der Waals surface area contributed by atoms with Gasteiger partial charge in [-0.15, -0.1) is 0 Å². The van der Waals surface area contributed by atoms with Crippen LogP contribution in [0, 0.1) is 0 Å². The molecule has 0 aromatic rings. The number of hydrogen-bond acceptors (Lipinski definition) is 3. The summed E-state index contributed by atoms with van der Waals surface area (Å²) in [5.74, 6) is 0. The van der Waals surface area contributed by atoms with Gasteiger partial charge in [0.1, 0.15) is 0 Å². The van der Waals surface area contributed by atoms with Crippen molar-refractivity contribution in [3.05, 3.63) is 12.2 Å². The highest BCUT2D eigenvalue weighted by molar-refractivity contribution is 5.12. The maximum absolute atomic E-state index is 5.38. The Kier molecular flexibility index (Phi) is 4.32. The van der Waals surface area contributed by atoms with Crippen LogP contribution in [0.4, 0.5) is 0 Å². The fourth-order valence-electron chi connectivity index (χ4n) is 2.52. The SMILES string of the molecule is C=C(C)C(NC)C(C)(C)N1CCOCC1. The molecule has 0 aromatic carbocycles. The number of rotatable bonds is 4. The Morgan fingerprint density at radius 3 is 2.33 bits per heavy atom. The van der Waals surface area contributed by atoms with Gasteiger partial charge in [0.15, 0.2) is 0 Å². The molecule has 1 heterocycles. The first-order chi connectivity index (χ1) is 7.00. The molecule has 1 aliphatic heterocycles. The van der Waals surface area contributed by atoms with E-state index >= 15 is 0 Å². The van der Waals surface area contributed by atoms with Crippen molar-refractivity contribution < 1.29 is 4.74 Å². The molecule has 1 N–H and O–H groups in total. The summed E-state index contributed by atoms with van der Waals surface area (Å²) in [5.41, 5.74) is 1.29. The summed E-state index contributed by atoms with van der Waals surface area (Å²) >= 11 is 0. The minimum absolute atomic E-state index is 0.102. The molecule has 1 saturated heterocycles. The number of morpholine rings is 1. The van der Waals surface area contributed by atoms with E-state index in [2.05, 4.69) is 37.6 Å². The average molecular weight is 212 g/mol. The highest BCUT2D eigenvalue weighted by Crippen LogP contribution is 2.24. The fourth-order valence-corrected chi connectivity index (χ4v) is 2.52. The molecule has 0 aliphatic carbocycles. The largest absolute Gasteiger partial charge is 0.379 e. The van der Waals surface area contributed by atoms with Gasteiger partial charge in [-0.3, -0.25) is 4.90 Å². The van der Waals surface area contributed by atoms with Crippen LogP contribution in [0.2, 0.25) is 0 Å². The topological polar surface area (TPSA) is 24.5 Å². The van der Waals surface area contributed by atoms with Crippen molar-refractivity contribution in [3.8, 4) is 0 Å². The number of hydrogen-bond donors (Lipinski definition) is 1. The standard InChI is InChI=1S/C12H24N2O/c1-10(2)11(13-5)12(3,4)14-6-8-15-9-7-14/h11,13H,1,6-9H2,2-5H3. The smallest absolute Gasteiger partial charge is 0.0594 e. The molecule has 1 unspecified atom stereocenters. The van der Waals surface area contributed by atoms with Gasteiger partial charge in [0.05, 0.1) is 13.2 Å². The first-order valence-corrected chi connectivity index (χ1v) is 5.65. The number of nitrogens with one attached hydrogen (secondary N) is 1.